The van der Waals surface area contributed by atoms with Gasteiger partial charge in [-0.25, -0.2) is 0 Å². The van der Waals surface area contributed by atoms with E-state index in [0.29, 0.717) is 12.0 Å². The number of hydrogen-bond acceptors (Lipinski definition) is 1. The minimum atomic E-state index is 0.499. The summed E-state index contributed by atoms with van der Waals surface area (Å²) in [6.07, 6.45) is 2.57. The van der Waals surface area contributed by atoms with E-state index in [1.54, 1.807) is 0 Å². The second-order valence-corrected chi connectivity index (χ2v) is 8.54. The monoisotopic (exact) mass is 330 g/mol. The third-order valence-electron chi connectivity index (χ3n) is 5.21. The number of quaternary nitrogens is 1. The van der Waals surface area contributed by atoms with Crippen molar-refractivity contribution in [2.75, 3.05) is 20.6 Å². The van der Waals surface area contributed by atoms with E-state index in [9.17, 15) is 0 Å². The normalized spacial score (nSPS) is 25.6. The highest BCUT2D eigenvalue weighted by atomic mass is 35.5. The highest BCUT2D eigenvalue weighted by molar-refractivity contribution is 7.99. The van der Waals surface area contributed by atoms with Crippen LogP contribution in [0.15, 0.2) is 52.3 Å². The zero-order chi connectivity index (χ0) is 15.3. The summed E-state index contributed by atoms with van der Waals surface area (Å²) in [7, 11) is 4.75. The average molecular weight is 331 g/mol. The van der Waals surface area contributed by atoms with Gasteiger partial charge in [-0.1, -0.05) is 41.6 Å². The van der Waals surface area contributed by atoms with Crippen LogP contribution >= 0.6 is 23.4 Å². The van der Waals surface area contributed by atoms with Crippen LogP contribution < -0.4 is 0 Å². The molecule has 2 aromatic rings. The molecule has 2 aliphatic rings. The van der Waals surface area contributed by atoms with Gasteiger partial charge in [0.25, 0.3) is 0 Å². The van der Waals surface area contributed by atoms with Crippen molar-refractivity contribution in [3.63, 3.8) is 0 Å². The van der Waals surface area contributed by atoms with Gasteiger partial charge in [0.15, 0.2) is 0 Å². The molecule has 1 nitrogen and oxygen atoms in total. The summed E-state index contributed by atoms with van der Waals surface area (Å²) >= 11 is 8.26. The highest BCUT2D eigenvalue weighted by Crippen LogP contribution is 2.53. The standard InChI is InChI=1S/C19H21ClNS/c1-21(2)11-5-7-15-14-6-3-4-8-17(14)22-18-10-9-13(20)12-16(18)19(15)21/h3-4,6,8-10,12,15,19H,5,7,11H2,1-2H3/q+1/t15-,19+/m0/s1. The summed E-state index contributed by atoms with van der Waals surface area (Å²) in [5.41, 5.74) is 2.96. The molecule has 22 heavy (non-hydrogen) atoms. The molecule has 0 unspecified atom stereocenters. The molecule has 3 heteroatoms. The van der Waals surface area contributed by atoms with Crippen molar-refractivity contribution in [2.24, 2.45) is 0 Å². The minimum absolute atomic E-state index is 0.499. The maximum absolute atomic E-state index is 6.35. The van der Waals surface area contributed by atoms with Crippen LogP contribution in [-0.4, -0.2) is 25.1 Å². The molecule has 0 radical (unpaired) electrons. The molecule has 0 spiro atoms. The SMILES string of the molecule is C[N+]1(C)CCC[C@H]2c3ccccc3Sc3ccc(Cl)cc3[C@@H]21. The molecule has 4 rings (SSSR count). The number of rotatable bonds is 0. The minimum Gasteiger partial charge on any atom is -0.322 e. The van der Waals surface area contributed by atoms with Gasteiger partial charge >= 0.3 is 0 Å². The van der Waals surface area contributed by atoms with Crippen LogP contribution in [0, 0.1) is 0 Å². The van der Waals surface area contributed by atoms with Gasteiger partial charge in [0.2, 0.25) is 0 Å². The zero-order valence-corrected chi connectivity index (χ0v) is 14.6. The van der Waals surface area contributed by atoms with E-state index in [2.05, 4.69) is 50.5 Å². The van der Waals surface area contributed by atoms with Gasteiger partial charge in [-0.15, -0.1) is 0 Å². The Balaban J connectivity index is 1.98. The van der Waals surface area contributed by atoms with Crippen LogP contribution in [0.3, 0.4) is 0 Å². The molecule has 0 aromatic heterocycles. The molecule has 2 atom stereocenters. The summed E-state index contributed by atoms with van der Waals surface area (Å²) in [6.45, 7) is 1.24. The Labute approximate surface area is 141 Å². The summed E-state index contributed by atoms with van der Waals surface area (Å²) in [6, 6.07) is 15.9. The van der Waals surface area contributed by atoms with Crippen molar-refractivity contribution < 1.29 is 4.48 Å². The number of halogens is 1. The quantitative estimate of drug-likeness (QED) is 0.575. The molecule has 1 fully saturated rings. The molecule has 2 heterocycles. The molecular formula is C19H21ClNS+. The zero-order valence-electron chi connectivity index (χ0n) is 13.1. The summed E-state index contributed by atoms with van der Waals surface area (Å²) in [5.74, 6) is 0.590. The molecule has 1 saturated heterocycles. The Bertz CT molecular complexity index is 725. The van der Waals surface area contributed by atoms with Crippen LogP contribution in [0.4, 0.5) is 0 Å². The van der Waals surface area contributed by atoms with E-state index in [0.717, 1.165) is 9.51 Å². The molecule has 114 valence electrons. The van der Waals surface area contributed by atoms with Crippen molar-refractivity contribution in [1.29, 1.82) is 0 Å². The average Bonchev–Trinajstić information content (AvgIpc) is 2.62. The molecule has 0 amide bonds. The molecule has 2 aromatic carbocycles. The molecule has 0 saturated carbocycles. The summed E-state index contributed by atoms with van der Waals surface area (Å²) in [4.78, 5) is 2.79. The topological polar surface area (TPSA) is 0 Å². The van der Waals surface area contributed by atoms with E-state index in [4.69, 9.17) is 11.6 Å². The van der Waals surface area contributed by atoms with Gasteiger partial charge in [-0.3, -0.25) is 0 Å². The number of benzene rings is 2. The lowest BCUT2D eigenvalue weighted by molar-refractivity contribution is -0.928. The maximum atomic E-state index is 6.35. The fourth-order valence-electron chi connectivity index (χ4n) is 4.26. The number of piperidine rings is 1. The van der Waals surface area contributed by atoms with E-state index in [-0.39, 0.29) is 0 Å². The van der Waals surface area contributed by atoms with Gasteiger partial charge in [0.1, 0.15) is 6.04 Å². The van der Waals surface area contributed by atoms with Crippen molar-refractivity contribution in [3.8, 4) is 0 Å². The van der Waals surface area contributed by atoms with Gasteiger partial charge in [-0.05, 0) is 42.7 Å². The Hall–Kier alpha value is -0.960. The van der Waals surface area contributed by atoms with Gasteiger partial charge < -0.3 is 4.48 Å². The van der Waals surface area contributed by atoms with E-state index in [1.807, 2.05) is 17.8 Å². The molecule has 0 N–H and O–H groups in total. The first-order valence-corrected chi connectivity index (χ1v) is 9.14. The smallest absolute Gasteiger partial charge is 0.122 e. The lowest BCUT2D eigenvalue weighted by atomic mass is 9.79. The van der Waals surface area contributed by atoms with E-state index < -0.39 is 0 Å². The number of likely N-dealkylation sites (tertiary alicyclic amines) is 1. The van der Waals surface area contributed by atoms with Gasteiger partial charge in [-0.2, -0.15) is 0 Å². The van der Waals surface area contributed by atoms with Crippen molar-refractivity contribution >= 4 is 23.4 Å². The predicted molar refractivity (Wildman–Crippen MR) is 93.7 cm³/mol. The number of nitrogens with zero attached hydrogens (tertiary/aromatic N) is 1. The Morgan fingerprint density at radius 1 is 1.05 bits per heavy atom. The van der Waals surface area contributed by atoms with Gasteiger partial charge in [0.05, 0.1) is 20.6 Å². The van der Waals surface area contributed by atoms with Crippen LogP contribution in [0.25, 0.3) is 0 Å². The van der Waals surface area contributed by atoms with Gasteiger partial charge in [0, 0.05) is 26.3 Å². The number of fused-ring (bicyclic) bond motifs is 5. The van der Waals surface area contributed by atoms with E-state index >= 15 is 0 Å². The molecule has 2 aliphatic heterocycles. The van der Waals surface area contributed by atoms with Crippen LogP contribution in [0.5, 0.6) is 0 Å². The Kier molecular flexibility index (Phi) is 3.52. The van der Waals surface area contributed by atoms with Crippen molar-refractivity contribution in [1.82, 2.24) is 0 Å². The highest BCUT2D eigenvalue weighted by Gasteiger charge is 2.44. The molecule has 0 aliphatic carbocycles. The molecular weight excluding hydrogens is 310 g/mol. The fraction of sp³-hybridized carbons (Fsp3) is 0.368. The first-order valence-electron chi connectivity index (χ1n) is 7.95. The molecule has 0 bridgehead atoms. The largest absolute Gasteiger partial charge is 0.322 e. The third-order valence-corrected chi connectivity index (χ3v) is 6.63. The Morgan fingerprint density at radius 3 is 2.68 bits per heavy atom. The number of hydrogen-bond donors (Lipinski definition) is 0. The first kappa shape index (κ1) is 14.6. The van der Waals surface area contributed by atoms with Crippen LogP contribution in [0.2, 0.25) is 5.02 Å². The second-order valence-electron chi connectivity index (χ2n) is 7.02. The number of likely N-dealkylation sites (N-methyl/N-ethyl adjacent to an activating group) is 1. The summed E-state index contributed by atoms with van der Waals surface area (Å²) < 4.78 is 1.05. The third kappa shape index (κ3) is 2.29. The maximum Gasteiger partial charge on any atom is 0.122 e. The van der Waals surface area contributed by atoms with Crippen LogP contribution in [-0.2, 0) is 0 Å². The predicted octanol–water partition coefficient (Wildman–Crippen LogP) is 5.50. The lowest BCUT2D eigenvalue weighted by Gasteiger charge is -2.46. The first-order chi connectivity index (χ1) is 10.6. The second kappa shape index (κ2) is 5.30. The van der Waals surface area contributed by atoms with E-state index in [1.165, 1.54) is 40.3 Å². The summed E-state index contributed by atoms with van der Waals surface area (Å²) in [5, 5.41) is 0.856. The van der Waals surface area contributed by atoms with Crippen molar-refractivity contribution in [2.45, 2.75) is 34.6 Å². The fourth-order valence-corrected chi connectivity index (χ4v) is 5.60. The van der Waals surface area contributed by atoms with Crippen LogP contribution in [0.1, 0.15) is 35.9 Å². The Morgan fingerprint density at radius 2 is 1.82 bits per heavy atom. The van der Waals surface area contributed by atoms with Crippen molar-refractivity contribution in [3.05, 3.63) is 58.6 Å². The lowest BCUT2D eigenvalue weighted by Crippen LogP contribution is -2.49.